The van der Waals surface area contributed by atoms with Crippen molar-refractivity contribution in [1.29, 1.82) is 0 Å². The lowest BCUT2D eigenvalue weighted by atomic mass is 9.84. The average molecular weight is 232 g/mol. The van der Waals surface area contributed by atoms with Crippen LogP contribution in [0, 0.1) is 5.92 Å². The molecule has 0 amide bonds. The highest BCUT2D eigenvalue weighted by Crippen LogP contribution is 2.46. The van der Waals surface area contributed by atoms with Crippen molar-refractivity contribution < 1.29 is 5.11 Å². The molecule has 0 spiro atoms. The van der Waals surface area contributed by atoms with Gasteiger partial charge in [-0.2, -0.15) is 0 Å². The summed E-state index contributed by atoms with van der Waals surface area (Å²) in [5.41, 5.74) is 0.551. The molecular formula is C14H16OS. The van der Waals surface area contributed by atoms with Gasteiger partial charge in [0.15, 0.2) is 0 Å². The molecule has 3 rings (SSSR count). The van der Waals surface area contributed by atoms with E-state index in [1.165, 1.54) is 10.1 Å². The summed E-state index contributed by atoms with van der Waals surface area (Å²) in [7, 11) is 0. The van der Waals surface area contributed by atoms with Crippen LogP contribution in [0.5, 0.6) is 0 Å². The van der Waals surface area contributed by atoms with Crippen LogP contribution in [0.2, 0.25) is 0 Å². The number of fused-ring (bicyclic) bond motifs is 1. The number of aliphatic hydroxyl groups is 1. The third-order valence-corrected chi connectivity index (χ3v) is 4.92. The van der Waals surface area contributed by atoms with Crippen LogP contribution in [0.4, 0.5) is 0 Å². The van der Waals surface area contributed by atoms with Gasteiger partial charge in [0.05, 0.1) is 5.60 Å². The Balaban J connectivity index is 2.21. The third kappa shape index (κ3) is 1.33. The zero-order chi connectivity index (χ0) is 11.2. The van der Waals surface area contributed by atoms with Crippen LogP contribution < -0.4 is 0 Å². The van der Waals surface area contributed by atoms with Crippen LogP contribution in [0.3, 0.4) is 0 Å². The lowest BCUT2D eigenvalue weighted by molar-refractivity contribution is 0.00608. The smallest absolute Gasteiger partial charge is 0.0935 e. The Morgan fingerprint density at radius 3 is 3.00 bits per heavy atom. The molecule has 0 saturated heterocycles. The second-order valence-electron chi connectivity index (χ2n) is 4.86. The Morgan fingerprint density at radius 2 is 2.25 bits per heavy atom. The first-order chi connectivity index (χ1) is 7.72. The molecule has 1 fully saturated rings. The quantitative estimate of drug-likeness (QED) is 0.790. The van der Waals surface area contributed by atoms with E-state index in [2.05, 4.69) is 36.6 Å². The van der Waals surface area contributed by atoms with Gasteiger partial charge in [-0.1, -0.05) is 25.1 Å². The second kappa shape index (κ2) is 3.57. The van der Waals surface area contributed by atoms with Crippen LogP contribution in [-0.4, -0.2) is 5.11 Å². The maximum Gasteiger partial charge on any atom is 0.0935 e. The summed E-state index contributed by atoms with van der Waals surface area (Å²) in [5.74, 6) is 0.375. The van der Waals surface area contributed by atoms with Gasteiger partial charge in [0.2, 0.25) is 0 Å². The van der Waals surface area contributed by atoms with Crippen molar-refractivity contribution in [2.75, 3.05) is 0 Å². The molecule has 1 saturated carbocycles. The van der Waals surface area contributed by atoms with E-state index in [1.807, 2.05) is 0 Å². The van der Waals surface area contributed by atoms with Gasteiger partial charge in [0.1, 0.15) is 0 Å². The summed E-state index contributed by atoms with van der Waals surface area (Å²) in [6, 6.07) is 8.42. The lowest BCUT2D eigenvalue weighted by Crippen LogP contribution is -2.28. The van der Waals surface area contributed by atoms with Crippen molar-refractivity contribution in [3.63, 3.8) is 0 Å². The molecule has 16 heavy (non-hydrogen) atoms. The first-order valence-electron chi connectivity index (χ1n) is 5.91. The minimum absolute atomic E-state index is 0.375. The third-order valence-electron chi connectivity index (χ3n) is 3.96. The summed E-state index contributed by atoms with van der Waals surface area (Å²) in [5, 5.41) is 14.2. The molecule has 2 aromatic rings. The summed E-state index contributed by atoms with van der Waals surface area (Å²) < 4.78 is 1.26. The minimum Gasteiger partial charge on any atom is -0.385 e. The molecule has 2 unspecified atom stereocenters. The fraction of sp³-hybridized carbons (Fsp3) is 0.429. The number of benzene rings is 1. The Bertz CT molecular complexity index is 516. The zero-order valence-corrected chi connectivity index (χ0v) is 10.3. The van der Waals surface area contributed by atoms with E-state index in [1.54, 1.807) is 11.3 Å². The summed E-state index contributed by atoms with van der Waals surface area (Å²) in [6.45, 7) is 2.17. The van der Waals surface area contributed by atoms with Crippen LogP contribution in [0.15, 0.2) is 29.6 Å². The molecule has 0 aliphatic heterocycles. The molecule has 2 heteroatoms. The van der Waals surface area contributed by atoms with Crippen molar-refractivity contribution >= 4 is 21.4 Å². The first kappa shape index (κ1) is 10.3. The maximum absolute atomic E-state index is 10.9. The van der Waals surface area contributed by atoms with Gasteiger partial charge in [-0.25, -0.2) is 0 Å². The monoisotopic (exact) mass is 232 g/mol. The van der Waals surface area contributed by atoms with Gasteiger partial charge >= 0.3 is 0 Å². The summed E-state index contributed by atoms with van der Waals surface area (Å²) in [4.78, 5) is 0. The van der Waals surface area contributed by atoms with Crippen molar-refractivity contribution in [2.45, 2.75) is 31.8 Å². The Labute approximate surface area is 99.7 Å². The van der Waals surface area contributed by atoms with E-state index >= 15 is 0 Å². The normalized spacial score (nSPS) is 30.0. The number of hydrogen-bond acceptors (Lipinski definition) is 2. The standard InChI is InChI=1S/C14H16OS/c1-10-4-3-8-14(10,15)12-6-2-5-11-7-9-16-13(11)12/h2,5-7,9-10,15H,3-4,8H2,1H3. The second-order valence-corrected chi connectivity index (χ2v) is 5.78. The molecule has 1 heterocycles. The van der Waals surface area contributed by atoms with Crippen molar-refractivity contribution in [1.82, 2.24) is 0 Å². The fourth-order valence-electron chi connectivity index (χ4n) is 2.90. The predicted octanol–water partition coefficient (Wildman–Crippen LogP) is 3.91. The van der Waals surface area contributed by atoms with Gasteiger partial charge in [-0.05, 0) is 42.0 Å². The average Bonchev–Trinajstić information content (AvgIpc) is 2.86. The van der Waals surface area contributed by atoms with Crippen molar-refractivity contribution in [2.24, 2.45) is 5.92 Å². The molecule has 0 radical (unpaired) electrons. The predicted molar refractivity (Wildman–Crippen MR) is 68.7 cm³/mol. The molecular weight excluding hydrogens is 216 g/mol. The Kier molecular flexibility index (Phi) is 2.30. The fourth-order valence-corrected chi connectivity index (χ4v) is 3.89. The van der Waals surface area contributed by atoms with E-state index in [-0.39, 0.29) is 0 Å². The minimum atomic E-state index is -0.593. The number of thiophene rings is 1. The van der Waals surface area contributed by atoms with E-state index in [0.29, 0.717) is 5.92 Å². The molecule has 1 N–H and O–H groups in total. The van der Waals surface area contributed by atoms with E-state index in [0.717, 1.165) is 24.8 Å². The molecule has 84 valence electrons. The summed E-state index contributed by atoms with van der Waals surface area (Å²) >= 11 is 1.74. The van der Waals surface area contributed by atoms with Crippen molar-refractivity contribution in [3.8, 4) is 0 Å². The van der Waals surface area contributed by atoms with Gasteiger partial charge in [0, 0.05) is 10.3 Å². The number of rotatable bonds is 1. The zero-order valence-electron chi connectivity index (χ0n) is 9.44. The number of hydrogen-bond donors (Lipinski definition) is 1. The molecule has 1 aliphatic rings. The first-order valence-corrected chi connectivity index (χ1v) is 6.79. The molecule has 1 aromatic carbocycles. The molecule has 0 bridgehead atoms. The highest BCUT2D eigenvalue weighted by molar-refractivity contribution is 7.17. The van der Waals surface area contributed by atoms with Crippen molar-refractivity contribution in [3.05, 3.63) is 35.2 Å². The molecule has 2 atom stereocenters. The maximum atomic E-state index is 10.9. The topological polar surface area (TPSA) is 20.2 Å². The molecule has 1 aliphatic carbocycles. The van der Waals surface area contributed by atoms with Gasteiger partial charge < -0.3 is 5.11 Å². The highest BCUT2D eigenvalue weighted by atomic mass is 32.1. The van der Waals surface area contributed by atoms with E-state index in [9.17, 15) is 5.11 Å². The van der Waals surface area contributed by atoms with E-state index < -0.39 is 5.60 Å². The van der Waals surface area contributed by atoms with Crippen LogP contribution in [0.25, 0.3) is 10.1 Å². The summed E-state index contributed by atoms with van der Waals surface area (Å²) in [6.07, 6.45) is 3.18. The van der Waals surface area contributed by atoms with Crippen LogP contribution in [-0.2, 0) is 5.60 Å². The Hall–Kier alpha value is -0.860. The molecule has 1 aromatic heterocycles. The Morgan fingerprint density at radius 1 is 1.38 bits per heavy atom. The largest absolute Gasteiger partial charge is 0.385 e. The van der Waals surface area contributed by atoms with E-state index in [4.69, 9.17) is 0 Å². The lowest BCUT2D eigenvalue weighted by Gasteiger charge is -2.28. The van der Waals surface area contributed by atoms with Gasteiger partial charge in [-0.3, -0.25) is 0 Å². The SMILES string of the molecule is CC1CCCC1(O)c1cccc2ccsc12. The van der Waals surface area contributed by atoms with Gasteiger partial charge in [-0.15, -0.1) is 11.3 Å². The molecule has 1 nitrogen and oxygen atoms in total. The van der Waals surface area contributed by atoms with Crippen LogP contribution >= 0.6 is 11.3 Å². The van der Waals surface area contributed by atoms with Crippen LogP contribution in [0.1, 0.15) is 31.7 Å². The van der Waals surface area contributed by atoms with Gasteiger partial charge in [0.25, 0.3) is 0 Å². The highest BCUT2D eigenvalue weighted by Gasteiger charge is 2.40.